The van der Waals surface area contributed by atoms with Gasteiger partial charge in [-0.25, -0.2) is 5.06 Å². The summed E-state index contributed by atoms with van der Waals surface area (Å²) < 4.78 is 0. The molecule has 120 valence electrons. The number of nitrogens with one attached hydrogen (secondary N) is 1. The van der Waals surface area contributed by atoms with Crippen LogP contribution in [0.3, 0.4) is 0 Å². The second-order valence-corrected chi connectivity index (χ2v) is 5.89. The number of benzene rings is 1. The van der Waals surface area contributed by atoms with Gasteiger partial charge < -0.3 is 5.32 Å². The number of nitrogens with zero attached hydrogens (tertiary/aromatic N) is 2. The summed E-state index contributed by atoms with van der Waals surface area (Å²) in [6.07, 6.45) is 5.23. The number of amides is 1. The van der Waals surface area contributed by atoms with E-state index in [0.29, 0.717) is 12.3 Å². The summed E-state index contributed by atoms with van der Waals surface area (Å²) in [4.78, 5) is 16.5. The molecule has 2 atom stereocenters. The van der Waals surface area contributed by atoms with Gasteiger partial charge in [-0.3, -0.25) is 15.0 Å². The van der Waals surface area contributed by atoms with Crippen LogP contribution in [0.2, 0.25) is 0 Å². The average molecular weight is 311 g/mol. The molecule has 1 aromatic carbocycles. The molecule has 0 bridgehead atoms. The lowest BCUT2D eigenvalue weighted by Crippen LogP contribution is -2.48. The molecule has 0 spiro atoms. The first-order valence-corrected chi connectivity index (χ1v) is 7.91. The normalized spacial score (nSPS) is 20.9. The van der Waals surface area contributed by atoms with Gasteiger partial charge in [0, 0.05) is 12.4 Å². The summed E-state index contributed by atoms with van der Waals surface area (Å²) in [6, 6.07) is 13.1. The summed E-state index contributed by atoms with van der Waals surface area (Å²) in [5.74, 6) is 0.0472. The SMILES string of the molecule is O=C(C1CC(c2ccncc2)CCN1)N(O)Cc1ccccc1. The fourth-order valence-corrected chi connectivity index (χ4v) is 3.06. The van der Waals surface area contributed by atoms with Crippen molar-refractivity contribution in [3.8, 4) is 0 Å². The largest absolute Gasteiger partial charge is 0.306 e. The van der Waals surface area contributed by atoms with Gasteiger partial charge in [0.05, 0.1) is 12.6 Å². The first-order valence-electron chi connectivity index (χ1n) is 7.91. The molecule has 0 saturated carbocycles. The lowest BCUT2D eigenvalue weighted by Gasteiger charge is -2.31. The number of hydroxylamine groups is 2. The minimum absolute atomic E-state index is 0.206. The fraction of sp³-hybridized carbons (Fsp3) is 0.333. The van der Waals surface area contributed by atoms with E-state index >= 15 is 0 Å². The van der Waals surface area contributed by atoms with Crippen LogP contribution in [0, 0.1) is 0 Å². The lowest BCUT2D eigenvalue weighted by atomic mass is 9.86. The van der Waals surface area contributed by atoms with Gasteiger partial charge >= 0.3 is 0 Å². The number of pyridine rings is 1. The van der Waals surface area contributed by atoms with Crippen molar-refractivity contribution in [3.05, 3.63) is 66.0 Å². The lowest BCUT2D eigenvalue weighted by molar-refractivity contribution is -0.171. The molecular weight excluding hydrogens is 290 g/mol. The van der Waals surface area contributed by atoms with Crippen LogP contribution >= 0.6 is 0 Å². The van der Waals surface area contributed by atoms with E-state index in [1.54, 1.807) is 12.4 Å². The summed E-state index contributed by atoms with van der Waals surface area (Å²) in [5, 5.41) is 14.2. The van der Waals surface area contributed by atoms with E-state index in [1.165, 1.54) is 5.56 Å². The second-order valence-electron chi connectivity index (χ2n) is 5.89. The Bertz CT molecular complexity index is 633. The smallest absolute Gasteiger partial charge is 0.263 e. The minimum Gasteiger partial charge on any atom is -0.306 e. The van der Waals surface area contributed by atoms with Crippen LogP contribution in [0.15, 0.2) is 54.9 Å². The van der Waals surface area contributed by atoms with E-state index in [-0.39, 0.29) is 18.5 Å². The second kappa shape index (κ2) is 7.35. The van der Waals surface area contributed by atoms with E-state index in [9.17, 15) is 10.0 Å². The summed E-state index contributed by atoms with van der Waals surface area (Å²) >= 11 is 0. The molecule has 3 rings (SSSR count). The standard InChI is InChI=1S/C18H21N3O2/c22-18(21(23)13-14-4-2-1-3-5-14)17-12-16(8-11-20-17)15-6-9-19-10-7-15/h1-7,9-10,16-17,20,23H,8,11-13H2. The van der Waals surface area contributed by atoms with Crippen LogP contribution in [-0.4, -0.2) is 33.7 Å². The van der Waals surface area contributed by atoms with Crippen molar-refractivity contribution in [3.63, 3.8) is 0 Å². The predicted molar refractivity (Wildman–Crippen MR) is 86.8 cm³/mol. The third kappa shape index (κ3) is 3.94. The van der Waals surface area contributed by atoms with Crippen LogP contribution < -0.4 is 5.32 Å². The van der Waals surface area contributed by atoms with Gasteiger partial charge in [0.15, 0.2) is 0 Å². The van der Waals surface area contributed by atoms with Crippen LogP contribution in [-0.2, 0) is 11.3 Å². The van der Waals surface area contributed by atoms with Gasteiger partial charge in [0.25, 0.3) is 5.91 Å². The molecule has 5 heteroatoms. The maximum atomic E-state index is 12.5. The van der Waals surface area contributed by atoms with Gasteiger partial charge in [-0.1, -0.05) is 30.3 Å². The van der Waals surface area contributed by atoms with Gasteiger partial charge in [-0.05, 0) is 48.6 Å². The molecule has 2 heterocycles. The number of piperidine rings is 1. The maximum absolute atomic E-state index is 12.5. The first kappa shape index (κ1) is 15.6. The Labute approximate surface area is 135 Å². The molecule has 1 aromatic heterocycles. The highest BCUT2D eigenvalue weighted by molar-refractivity contribution is 5.81. The number of hydrogen-bond acceptors (Lipinski definition) is 4. The van der Waals surface area contributed by atoms with Gasteiger partial charge in [0.1, 0.15) is 0 Å². The number of carbonyl (C=O) groups is 1. The van der Waals surface area contributed by atoms with E-state index in [2.05, 4.69) is 10.3 Å². The van der Waals surface area contributed by atoms with Crippen molar-refractivity contribution < 1.29 is 10.0 Å². The molecule has 2 N–H and O–H groups in total. The Morgan fingerprint density at radius 3 is 2.70 bits per heavy atom. The van der Waals surface area contributed by atoms with Crippen molar-refractivity contribution in [1.82, 2.24) is 15.4 Å². The van der Waals surface area contributed by atoms with Gasteiger partial charge in [0.2, 0.25) is 0 Å². The summed E-state index contributed by atoms with van der Waals surface area (Å²) in [5.41, 5.74) is 2.11. The van der Waals surface area contributed by atoms with Crippen LogP contribution in [0.25, 0.3) is 0 Å². The third-order valence-corrected chi connectivity index (χ3v) is 4.31. The number of carbonyl (C=O) groups excluding carboxylic acids is 1. The molecule has 23 heavy (non-hydrogen) atoms. The van der Waals surface area contributed by atoms with Crippen LogP contribution in [0.1, 0.15) is 29.9 Å². The number of rotatable bonds is 4. The van der Waals surface area contributed by atoms with E-state index < -0.39 is 0 Å². The first-order chi connectivity index (χ1) is 11.2. The molecule has 2 unspecified atom stereocenters. The topological polar surface area (TPSA) is 65.5 Å². The molecule has 5 nitrogen and oxygen atoms in total. The molecule has 2 aromatic rings. The molecule has 1 amide bonds. The van der Waals surface area contributed by atoms with Crippen molar-refractivity contribution in [2.45, 2.75) is 31.3 Å². The van der Waals surface area contributed by atoms with Crippen LogP contribution in [0.5, 0.6) is 0 Å². The van der Waals surface area contributed by atoms with Crippen molar-refractivity contribution >= 4 is 5.91 Å². The molecule has 1 aliphatic heterocycles. The predicted octanol–water partition coefficient (Wildman–Crippen LogP) is 2.34. The Hall–Kier alpha value is -2.24. The summed E-state index contributed by atoms with van der Waals surface area (Å²) in [7, 11) is 0. The summed E-state index contributed by atoms with van der Waals surface area (Å²) in [6.45, 7) is 0.973. The molecule has 0 radical (unpaired) electrons. The number of hydrogen-bond donors (Lipinski definition) is 2. The fourth-order valence-electron chi connectivity index (χ4n) is 3.06. The van der Waals surface area contributed by atoms with Crippen LogP contribution in [0.4, 0.5) is 0 Å². The zero-order valence-corrected chi connectivity index (χ0v) is 12.9. The van der Waals surface area contributed by atoms with E-state index in [0.717, 1.165) is 23.6 Å². The zero-order chi connectivity index (χ0) is 16.1. The van der Waals surface area contributed by atoms with E-state index in [1.807, 2.05) is 42.5 Å². The highest BCUT2D eigenvalue weighted by atomic mass is 16.5. The highest BCUT2D eigenvalue weighted by Gasteiger charge is 2.30. The Morgan fingerprint density at radius 2 is 1.96 bits per heavy atom. The monoisotopic (exact) mass is 311 g/mol. The van der Waals surface area contributed by atoms with Crippen molar-refractivity contribution in [1.29, 1.82) is 0 Å². The molecule has 1 fully saturated rings. The third-order valence-electron chi connectivity index (χ3n) is 4.31. The van der Waals surface area contributed by atoms with Gasteiger partial charge in [-0.2, -0.15) is 0 Å². The van der Waals surface area contributed by atoms with E-state index in [4.69, 9.17) is 0 Å². The maximum Gasteiger partial charge on any atom is 0.263 e. The highest BCUT2D eigenvalue weighted by Crippen LogP contribution is 2.27. The quantitative estimate of drug-likeness (QED) is 0.672. The Balaban J connectivity index is 1.62. The molecule has 1 aliphatic rings. The van der Waals surface area contributed by atoms with Gasteiger partial charge in [-0.15, -0.1) is 0 Å². The minimum atomic E-state index is -0.351. The Morgan fingerprint density at radius 1 is 1.22 bits per heavy atom. The molecule has 0 aliphatic carbocycles. The number of aromatic nitrogens is 1. The Kier molecular flexibility index (Phi) is 5.00. The molecular formula is C18H21N3O2. The van der Waals surface area contributed by atoms with Crippen molar-refractivity contribution in [2.75, 3.05) is 6.54 Å². The molecule has 1 saturated heterocycles. The van der Waals surface area contributed by atoms with Crippen molar-refractivity contribution in [2.24, 2.45) is 0 Å². The zero-order valence-electron chi connectivity index (χ0n) is 12.9. The average Bonchev–Trinajstić information content (AvgIpc) is 2.63.